The predicted octanol–water partition coefficient (Wildman–Crippen LogP) is 4.08. The number of ether oxygens (including phenoxy) is 2. The molecule has 0 aliphatic rings. The van der Waals surface area contributed by atoms with E-state index in [0.717, 1.165) is 17.1 Å². The zero-order valence-electron chi connectivity index (χ0n) is 15.2. The Balaban J connectivity index is 2.03. The second kappa shape index (κ2) is 8.26. The molecule has 0 radical (unpaired) electrons. The van der Waals surface area contributed by atoms with Crippen molar-refractivity contribution >= 4 is 17.0 Å². The van der Waals surface area contributed by atoms with Crippen LogP contribution in [0.1, 0.15) is 35.5 Å². The molecule has 1 aromatic carbocycles. The highest BCUT2D eigenvalue weighted by Crippen LogP contribution is 2.23. The van der Waals surface area contributed by atoms with Gasteiger partial charge in [0, 0.05) is 30.0 Å². The molecule has 0 saturated carbocycles. The molecule has 0 aliphatic carbocycles. The summed E-state index contributed by atoms with van der Waals surface area (Å²) >= 11 is 0. The third-order valence-electron chi connectivity index (χ3n) is 4.10. The Morgan fingerprint density at radius 2 is 1.93 bits per heavy atom. The van der Waals surface area contributed by atoms with Crippen molar-refractivity contribution in [3.05, 3.63) is 65.0 Å². The number of rotatable bonds is 7. The van der Waals surface area contributed by atoms with Crippen molar-refractivity contribution in [2.24, 2.45) is 0 Å². The van der Waals surface area contributed by atoms with E-state index in [2.05, 4.69) is 4.98 Å². The van der Waals surface area contributed by atoms with E-state index < -0.39 is 17.6 Å². The van der Waals surface area contributed by atoms with Crippen molar-refractivity contribution < 1.29 is 23.0 Å². The van der Waals surface area contributed by atoms with Gasteiger partial charge in [-0.15, -0.1) is 0 Å². The number of pyridine rings is 1. The van der Waals surface area contributed by atoms with Gasteiger partial charge in [-0.25, -0.2) is 18.6 Å². The summed E-state index contributed by atoms with van der Waals surface area (Å²) in [5, 5.41) is 0. The minimum absolute atomic E-state index is 0.202. The molecule has 7 heteroatoms. The Bertz CT molecular complexity index is 969. The maximum absolute atomic E-state index is 14.0. The molecular weight excluding hydrogens is 354 g/mol. The predicted molar refractivity (Wildman–Crippen MR) is 96.5 cm³/mol. The summed E-state index contributed by atoms with van der Waals surface area (Å²) in [6.07, 6.45) is 1.81. The molecule has 2 heterocycles. The minimum atomic E-state index is -0.619. The highest BCUT2D eigenvalue weighted by molar-refractivity contribution is 5.91. The maximum Gasteiger partial charge on any atom is 0.356 e. The molecule has 27 heavy (non-hydrogen) atoms. The number of fused-ring (bicyclic) bond motifs is 1. The summed E-state index contributed by atoms with van der Waals surface area (Å²) in [5.41, 5.74) is 2.65. The minimum Gasteiger partial charge on any atom is -0.461 e. The smallest absolute Gasteiger partial charge is 0.356 e. The summed E-state index contributed by atoms with van der Waals surface area (Å²) in [4.78, 5) is 16.4. The van der Waals surface area contributed by atoms with Crippen LogP contribution in [0.2, 0.25) is 0 Å². The largest absolute Gasteiger partial charge is 0.461 e. The number of carbonyl (C=O) groups is 1. The van der Waals surface area contributed by atoms with Gasteiger partial charge in [-0.05, 0) is 32.0 Å². The first kappa shape index (κ1) is 19.0. The monoisotopic (exact) mass is 374 g/mol. The average Bonchev–Trinajstić information content (AvgIpc) is 2.99. The van der Waals surface area contributed by atoms with Gasteiger partial charge >= 0.3 is 5.97 Å². The topological polar surface area (TPSA) is 53.4 Å². The van der Waals surface area contributed by atoms with E-state index in [1.165, 1.54) is 12.1 Å². The van der Waals surface area contributed by atoms with Crippen LogP contribution in [0.5, 0.6) is 0 Å². The van der Waals surface area contributed by atoms with Gasteiger partial charge < -0.3 is 14.0 Å². The molecule has 0 amide bonds. The molecule has 0 atom stereocenters. The molecule has 0 unspecified atom stereocenters. The van der Waals surface area contributed by atoms with Crippen LogP contribution < -0.4 is 0 Å². The number of esters is 1. The quantitative estimate of drug-likeness (QED) is 0.585. The highest BCUT2D eigenvalue weighted by Gasteiger charge is 2.16. The van der Waals surface area contributed by atoms with Crippen molar-refractivity contribution in [2.75, 3.05) is 13.2 Å². The first-order valence-corrected chi connectivity index (χ1v) is 8.71. The van der Waals surface area contributed by atoms with Gasteiger partial charge in [-0.2, -0.15) is 0 Å². The summed E-state index contributed by atoms with van der Waals surface area (Å²) < 4.78 is 39.5. The lowest BCUT2D eigenvalue weighted by Crippen LogP contribution is -2.07. The molecular formula is C20H20F2N2O3. The molecule has 5 nitrogen and oxygen atoms in total. The number of benzene rings is 1. The Kier molecular flexibility index (Phi) is 5.81. The van der Waals surface area contributed by atoms with E-state index in [9.17, 15) is 13.6 Å². The van der Waals surface area contributed by atoms with E-state index in [1.807, 2.05) is 17.7 Å². The molecule has 142 valence electrons. The normalized spacial score (nSPS) is 11.1. The van der Waals surface area contributed by atoms with Gasteiger partial charge in [0.15, 0.2) is 0 Å². The lowest BCUT2D eigenvalue weighted by molar-refractivity contribution is 0.0520. The molecule has 2 aromatic heterocycles. The number of aromatic nitrogens is 2. The van der Waals surface area contributed by atoms with E-state index >= 15 is 0 Å². The van der Waals surface area contributed by atoms with Gasteiger partial charge in [0.05, 0.1) is 30.8 Å². The first-order valence-electron chi connectivity index (χ1n) is 8.71. The van der Waals surface area contributed by atoms with Crippen LogP contribution >= 0.6 is 0 Å². The van der Waals surface area contributed by atoms with Gasteiger partial charge in [-0.1, -0.05) is 6.07 Å². The van der Waals surface area contributed by atoms with Crippen molar-refractivity contribution in [1.29, 1.82) is 0 Å². The van der Waals surface area contributed by atoms with Gasteiger partial charge in [-0.3, -0.25) is 0 Å². The number of hydrogen-bond donors (Lipinski definition) is 0. The van der Waals surface area contributed by atoms with Crippen molar-refractivity contribution in [3.8, 4) is 0 Å². The van der Waals surface area contributed by atoms with Crippen molar-refractivity contribution in [1.82, 2.24) is 9.55 Å². The summed E-state index contributed by atoms with van der Waals surface area (Å²) in [5.74, 6) is -1.73. The fraction of sp³-hybridized carbons (Fsp3) is 0.300. The van der Waals surface area contributed by atoms with Gasteiger partial charge in [0.2, 0.25) is 0 Å². The maximum atomic E-state index is 14.0. The van der Waals surface area contributed by atoms with Crippen LogP contribution in [0, 0.1) is 11.6 Å². The molecule has 0 bridgehead atoms. The molecule has 0 aliphatic heterocycles. The second-order valence-corrected chi connectivity index (χ2v) is 5.94. The van der Waals surface area contributed by atoms with Gasteiger partial charge in [0.25, 0.3) is 0 Å². The molecule has 0 N–H and O–H groups in total. The SMILES string of the molecule is CCOCc1cn(Cc2ccc(F)cc2F)c2ccc(C(=O)OCC)nc12. The Labute approximate surface area is 155 Å². The van der Waals surface area contributed by atoms with Crippen LogP contribution in [-0.4, -0.2) is 28.7 Å². The zero-order valence-corrected chi connectivity index (χ0v) is 15.2. The van der Waals surface area contributed by atoms with Crippen LogP contribution in [0.4, 0.5) is 8.78 Å². The zero-order chi connectivity index (χ0) is 19.4. The Morgan fingerprint density at radius 1 is 1.11 bits per heavy atom. The van der Waals surface area contributed by atoms with Crippen LogP contribution in [0.25, 0.3) is 11.0 Å². The van der Waals surface area contributed by atoms with E-state index in [-0.39, 0.29) is 18.8 Å². The van der Waals surface area contributed by atoms with Crippen molar-refractivity contribution in [2.45, 2.75) is 27.0 Å². The van der Waals surface area contributed by atoms with E-state index in [4.69, 9.17) is 9.47 Å². The fourth-order valence-electron chi connectivity index (χ4n) is 2.84. The lowest BCUT2D eigenvalue weighted by atomic mass is 10.2. The summed E-state index contributed by atoms with van der Waals surface area (Å²) in [6, 6.07) is 6.81. The summed E-state index contributed by atoms with van der Waals surface area (Å²) in [7, 11) is 0. The summed E-state index contributed by atoms with van der Waals surface area (Å²) in [6.45, 7) is 4.90. The number of halogens is 2. The van der Waals surface area contributed by atoms with Crippen LogP contribution in [0.3, 0.4) is 0 Å². The Morgan fingerprint density at radius 3 is 2.63 bits per heavy atom. The number of carbonyl (C=O) groups excluding carboxylic acids is 1. The van der Waals surface area contributed by atoms with Gasteiger partial charge in [0.1, 0.15) is 17.3 Å². The molecule has 0 saturated heterocycles. The fourth-order valence-corrected chi connectivity index (χ4v) is 2.84. The average molecular weight is 374 g/mol. The third kappa shape index (κ3) is 4.14. The van der Waals surface area contributed by atoms with E-state index in [1.54, 1.807) is 19.1 Å². The van der Waals surface area contributed by atoms with Crippen LogP contribution in [0.15, 0.2) is 36.5 Å². The third-order valence-corrected chi connectivity index (χ3v) is 4.10. The second-order valence-electron chi connectivity index (χ2n) is 5.94. The number of hydrogen-bond acceptors (Lipinski definition) is 4. The Hall–Kier alpha value is -2.80. The highest BCUT2D eigenvalue weighted by atomic mass is 19.1. The van der Waals surface area contributed by atoms with Crippen LogP contribution in [-0.2, 0) is 22.6 Å². The molecule has 3 rings (SSSR count). The molecule has 0 spiro atoms. The van der Waals surface area contributed by atoms with E-state index in [0.29, 0.717) is 24.3 Å². The number of nitrogens with zero attached hydrogens (tertiary/aromatic N) is 2. The first-order chi connectivity index (χ1) is 13.0. The lowest BCUT2D eigenvalue weighted by Gasteiger charge is -2.07. The standard InChI is InChI=1S/C20H20F2N2O3/c1-3-26-12-14-11-24(10-13-5-6-15(21)9-16(13)22)18-8-7-17(23-19(14)18)20(25)27-4-2/h5-9,11H,3-4,10,12H2,1-2H3. The van der Waals surface area contributed by atoms with Crippen molar-refractivity contribution in [3.63, 3.8) is 0 Å². The molecule has 3 aromatic rings. The molecule has 0 fully saturated rings.